The number of hydrogen-bond donors (Lipinski definition) is 2. The smallest absolute Gasteiger partial charge is 0.222 e. The van der Waals surface area contributed by atoms with Gasteiger partial charge in [0.15, 0.2) is 0 Å². The molecule has 2 N–H and O–H groups in total. The van der Waals surface area contributed by atoms with Crippen molar-refractivity contribution in [2.75, 3.05) is 26.2 Å². The van der Waals surface area contributed by atoms with Gasteiger partial charge < -0.3 is 15.3 Å². The van der Waals surface area contributed by atoms with Gasteiger partial charge in [-0.1, -0.05) is 19.3 Å². The first-order chi connectivity index (χ1) is 10.8. The predicted octanol–water partition coefficient (Wildman–Crippen LogP) is 2.70. The number of rotatable bonds is 8. The summed E-state index contributed by atoms with van der Waals surface area (Å²) >= 11 is 0. The number of aliphatic hydroxyl groups excluding tert-OH is 1. The number of nitrogens with one attached hydrogen (secondary N) is 1. The lowest BCUT2D eigenvalue weighted by atomic mass is 9.93. The lowest BCUT2D eigenvalue weighted by molar-refractivity contribution is -0.132. The van der Waals surface area contributed by atoms with Crippen molar-refractivity contribution in [1.29, 1.82) is 0 Å². The molecule has 22 heavy (non-hydrogen) atoms. The van der Waals surface area contributed by atoms with Gasteiger partial charge in [0.2, 0.25) is 5.91 Å². The molecule has 0 aromatic heterocycles. The van der Waals surface area contributed by atoms with Crippen LogP contribution in [0.3, 0.4) is 0 Å². The third-order valence-electron chi connectivity index (χ3n) is 5.36. The standard InChI is InChI=1S/C18H34N2O2/c21-15-11-16-9-13-20(14-10-16)18(22)8-3-1-2-6-17-7-4-5-12-19-17/h16-17,19,21H,1-15H2. The summed E-state index contributed by atoms with van der Waals surface area (Å²) < 4.78 is 0. The maximum absolute atomic E-state index is 12.2. The van der Waals surface area contributed by atoms with Crippen LogP contribution in [0.15, 0.2) is 0 Å². The molecule has 2 heterocycles. The van der Waals surface area contributed by atoms with Crippen LogP contribution in [0.4, 0.5) is 0 Å². The Balaban J connectivity index is 1.49. The summed E-state index contributed by atoms with van der Waals surface area (Å²) in [6, 6.07) is 0.731. The van der Waals surface area contributed by atoms with Gasteiger partial charge in [-0.2, -0.15) is 0 Å². The van der Waals surface area contributed by atoms with Gasteiger partial charge in [0.1, 0.15) is 0 Å². The van der Waals surface area contributed by atoms with Crippen LogP contribution in [0.5, 0.6) is 0 Å². The second-order valence-corrected chi connectivity index (χ2v) is 7.08. The second kappa shape index (κ2) is 10.2. The first kappa shape index (κ1) is 17.7. The lowest BCUT2D eigenvalue weighted by Crippen LogP contribution is -2.38. The van der Waals surface area contributed by atoms with E-state index in [0.29, 0.717) is 11.8 Å². The van der Waals surface area contributed by atoms with Crippen molar-refractivity contribution in [2.24, 2.45) is 5.92 Å². The number of amides is 1. The van der Waals surface area contributed by atoms with Crippen LogP contribution in [0, 0.1) is 5.92 Å². The number of nitrogens with zero attached hydrogens (tertiary/aromatic N) is 1. The zero-order valence-corrected chi connectivity index (χ0v) is 14.1. The minimum Gasteiger partial charge on any atom is -0.396 e. The van der Waals surface area contributed by atoms with Gasteiger partial charge in [0, 0.05) is 32.2 Å². The molecule has 0 aromatic rings. The maximum Gasteiger partial charge on any atom is 0.222 e. The van der Waals surface area contributed by atoms with Crippen LogP contribution in [0.2, 0.25) is 0 Å². The summed E-state index contributed by atoms with van der Waals surface area (Å²) in [4.78, 5) is 14.2. The van der Waals surface area contributed by atoms with Crippen molar-refractivity contribution in [1.82, 2.24) is 10.2 Å². The Kier molecular flexibility index (Phi) is 8.24. The molecule has 2 aliphatic rings. The number of carbonyl (C=O) groups is 1. The maximum atomic E-state index is 12.2. The van der Waals surface area contributed by atoms with E-state index in [4.69, 9.17) is 5.11 Å². The predicted molar refractivity (Wildman–Crippen MR) is 89.7 cm³/mol. The van der Waals surface area contributed by atoms with Crippen LogP contribution in [0.25, 0.3) is 0 Å². The van der Waals surface area contributed by atoms with Crippen LogP contribution in [-0.4, -0.2) is 48.2 Å². The third kappa shape index (κ3) is 6.25. The molecule has 2 fully saturated rings. The Morgan fingerprint density at radius 2 is 1.86 bits per heavy atom. The second-order valence-electron chi connectivity index (χ2n) is 7.08. The van der Waals surface area contributed by atoms with E-state index < -0.39 is 0 Å². The number of unbranched alkanes of at least 4 members (excludes halogenated alkanes) is 2. The summed E-state index contributed by atoms with van der Waals surface area (Å²) in [5.41, 5.74) is 0. The molecule has 2 aliphatic heterocycles. The SMILES string of the molecule is O=C(CCCCCC1CCCCN1)N1CCC(CCO)CC1. The molecule has 0 radical (unpaired) electrons. The van der Waals surface area contributed by atoms with E-state index in [1.165, 1.54) is 45.1 Å². The molecule has 2 saturated heterocycles. The van der Waals surface area contributed by atoms with Crippen molar-refractivity contribution in [3.63, 3.8) is 0 Å². The average molecular weight is 310 g/mol. The monoisotopic (exact) mass is 310 g/mol. The fourth-order valence-electron chi connectivity index (χ4n) is 3.83. The zero-order valence-electron chi connectivity index (χ0n) is 14.1. The number of likely N-dealkylation sites (tertiary alicyclic amines) is 1. The van der Waals surface area contributed by atoms with E-state index in [9.17, 15) is 4.79 Å². The van der Waals surface area contributed by atoms with Crippen molar-refractivity contribution in [2.45, 2.75) is 76.7 Å². The molecule has 128 valence electrons. The minimum atomic E-state index is 0.286. The summed E-state index contributed by atoms with van der Waals surface area (Å²) in [6.45, 7) is 3.27. The Morgan fingerprint density at radius 1 is 1.05 bits per heavy atom. The quantitative estimate of drug-likeness (QED) is 0.678. The Labute approximate surface area is 135 Å². The molecule has 4 heteroatoms. The third-order valence-corrected chi connectivity index (χ3v) is 5.36. The van der Waals surface area contributed by atoms with Crippen molar-refractivity contribution >= 4 is 5.91 Å². The van der Waals surface area contributed by atoms with Gasteiger partial charge in [-0.15, -0.1) is 0 Å². The molecule has 1 atom stereocenters. The summed E-state index contributed by atoms with van der Waals surface area (Å²) in [6.07, 6.45) is 12.6. The van der Waals surface area contributed by atoms with E-state index >= 15 is 0 Å². The number of aliphatic hydroxyl groups is 1. The highest BCUT2D eigenvalue weighted by molar-refractivity contribution is 5.76. The van der Waals surface area contributed by atoms with E-state index in [-0.39, 0.29) is 6.61 Å². The molecule has 0 bridgehead atoms. The molecule has 1 unspecified atom stereocenters. The highest BCUT2D eigenvalue weighted by atomic mass is 16.3. The van der Waals surface area contributed by atoms with E-state index in [1.807, 2.05) is 4.90 Å². The van der Waals surface area contributed by atoms with Gasteiger partial charge in [0.05, 0.1) is 0 Å². The average Bonchev–Trinajstić information content (AvgIpc) is 2.56. The number of hydrogen-bond acceptors (Lipinski definition) is 3. The van der Waals surface area contributed by atoms with Crippen LogP contribution < -0.4 is 5.32 Å². The highest BCUT2D eigenvalue weighted by Gasteiger charge is 2.21. The van der Waals surface area contributed by atoms with Gasteiger partial charge in [-0.05, 0) is 57.4 Å². The molecule has 4 nitrogen and oxygen atoms in total. The Morgan fingerprint density at radius 3 is 2.55 bits per heavy atom. The molecular weight excluding hydrogens is 276 g/mol. The molecule has 0 aliphatic carbocycles. The zero-order chi connectivity index (χ0) is 15.6. The highest BCUT2D eigenvalue weighted by Crippen LogP contribution is 2.21. The summed E-state index contributed by atoms with van der Waals surface area (Å²) in [5.74, 6) is 0.968. The Hall–Kier alpha value is -0.610. The molecular formula is C18H34N2O2. The van der Waals surface area contributed by atoms with Gasteiger partial charge in [0.25, 0.3) is 0 Å². The normalized spacial score (nSPS) is 23.7. The van der Waals surface area contributed by atoms with Gasteiger partial charge in [-0.25, -0.2) is 0 Å². The molecule has 0 aromatic carbocycles. The van der Waals surface area contributed by atoms with E-state index in [0.717, 1.165) is 51.2 Å². The van der Waals surface area contributed by atoms with Crippen LogP contribution in [-0.2, 0) is 4.79 Å². The molecule has 0 saturated carbocycles. The summed E-state index contributed by atoms with van der Waals surface area (Å²) in [5, 5.41) is 12.6. The van der Waals surface area contributed by atoms with Crippen LogP contribution >= 0.6 is 0 Å². The van der Waals surface area contributed by atoms with E-state index in [1.54, 1.807) is 0 Å². The van der Waals surface area contributed by atoms with Gasteiger partial charge in [-0.3, -0.25) is 4.79 Å². The number of piperidine rings is 2. The molecule has 2 rings (SSSR count). The minimum absolute atomic E-state index is 0.286. The van der Waals surface area contributed by atoms with Crippen molar-refractivity contribution < 1.29 is 9.90 Å². The van der Waals surface area contributed by atoms with Crippen LogP contribution in [0.1, 0.15) is 70.6 Å². The fourth-order valence-corrected chi connectivity index (χ4v) is 3.83. The lowest BCUT2D eigenvalue weighted by Gasteiger charge is -2.32. The fraction of sp³-hybridized carbons (Fsp3) is 0.944. The first-order valence-corrected chi connectivity index (χ1v) is 9.41. The molecule has 0 spiro atoms. The molecule has 1 amide bonds. The number of carbonyl (C=O) groups excluding carboxylic acids is 1. The first-order valence-electron chi connectivity index (χ1n) is 9.41. The van der Waals surface area contributed by atoms with Crippen molar-refractivity contribution in [3.8, 4) is 0 Å². The van der Waals surface area contributed by atoms with Crippen molar-refractivity contribution in [3.05, 3.63) is 0 Å². The van der Waals surface area contributed by atoms with E-state index in [2.05, 4.69) is 5.32 Å². The topological polar surface area (TPSA) is 52.6 Å². The Bertz CT molecular complexity index is 308. The van der Waals surface area contributed by atoms with Gasteiger partial charge >= 0.3 is 0 Å². The largest absolute Gasteiger partial charge is 0.396 e. The summed E-state index contributed by atoms with van der Waals surface area (Å²) in [7, 11) is 0.